The van der Waals surface area contributed by atoms with Crippen molar-refractivity contribution in [3.8, 4) is 11.5 Å². The van der Waals surface area contributed by atoms with Crippen molar-refractivity contribution in [1.82, 2.24) is 5.43 Å². The Morgan fingerprint density at radius 3 is 2.58 bits per heavy atom. The summed E-state index contributed by atoms with van der Waals surface area (Å²) in [6.07, 6.45) is 1.22. The van der Waals surface area contributed by atoms with E-state index < -0.39 is 22.3 Å². The van der Waals surface area contributed by atoms with E-state index in [0.29, 0.717) is 11.1 Å². The van der Waals surface area contributed by atoms with E-state index in [1.807, 2.05) is 6.92 Å². The molecule has 0 spiro atoms. The number of hydrogen-bond acceptors (Lipinski definition) is 6. The average Bonchev–Trinajstić information content (AvgIpc) is 2.56. The largest absolute Gasteiger partial charge is 0.500 e. The molecule has 0 unspecified atom stereocenters. The summed E-state index contributed by atoms with van der Waals surface area (Å²) in [5.41, 5.74) is 3.57. The van der Waals surface area contributed by atoms with Crippen molar-refractivity contribution in [3.63, 3.8) is 0 Å². The molecule has 2 aromatic carbocycles. The van der Waals surface area contributed by atoms with Crippen molar-refractivity contribution in [2.24, 2.45) is 5.10 Å². The molecule has 1 amide bonds. The lowest BCUT2D eigenvalue weighted by atomic mass is 10.1. The highest BCUT2D eigenvalue weighted by atomic mass is 16.6. The molecule has 2 N–H and O–H groups in total. The molecule has 0 saturated carbocycles. The number of carbonyl (C=O) groups excluding carboxylic acids is 1. The fourth-order valence-corrected chi connectivity index (χ4v) is 1.92. The zero-order valence-corrected chi connectivity index (χ0v) is 13.0. The first-order valence-electron chi connectivity index (χ1n) is 6.88. The third-order valence-electron chi connectivity index (χ3n) is 3.19. The van der Waals surface area contributed by atoms with E-state index in [2.05, 4.69) is 10.5 Å². The van der Waals surface area contributed by atoms with E-state index in [9.17, 15) is 20.0 Å². The minimum absolute atomic E-state index is 0.0597. The van der Waals surface area contributed by atoms with Crippen molar-refractivity contribution in [3.05, 3.63) is 63.2 Å². The van der Waals surface area contributed by atoms with Crippen molar-refractivity contribution in [1.29, 1.82) is 0 Å². The second kappa shape index (κ2) is 7.23. The lowest BCUT2D eigenvalue weighted by Crippen LogP contribution is -2.17. The quantitative estimate of drug-likeness (QED) is 0.496. The maximum Gasteiger partial charge on any atom is 0.315 e. The van der Waals surface area contributed by atoms with Crippen LogP contribution in [0.1, 0.15) is 21.5 Å². The number of benzene rings is 2. The van der Waals surface area contributed by atoms with E-state index in [4.69, 9.17) is 4.74 Å². The van der Waals surface area contributed by atoms with Gasteiger partial charge in [-0.1, -0.05) is 17.7 Å². The minimum Gasteiger partial charge on any atom is -0.500 e. The van der Waals surface area contributed by atoms with Crippen LogP contribution in [0.2, 0.25) is 0 Å². The van der Waals surface area contributed by atoms with Crippen LogP contribution in [0, 0.1) is 17.0 Å². The normalized spacial score (nSPS) is 10.6. The molecule has 0 fully saturated rings. The molecule has 0 aliphatic rings. The Balaban J connectivity index is 2.16. The van der Waals surface area contributed by atoms with Crippen molar-refractivity contribution >= 4 is 17.8 Å². The number of ether oxygens (including phenoxy) is 1. The van der Waals surface area contributed by atoms with Crippen LogP contribution in [0.25, 0.3) is 0 Å². The van der Waals surface area contributed by atoms with Gasteiger partial charge in [-0.3, -0.25) is 14.9 Å². The molecule has 8 heteroatoms. The number of carbonyl (C=O) groups is 1. The van der Waals surface area contributed by atoms with E-state index in [-0.39, 0.29) is 5.75 Å². The first kappa shape index (κ1) is 16.9. The molecule has 2 aromatic rings. The van der Waals surface area contributed by atoms with Gasteiger partial charge in [-0.15, -0.1) is 0 Å². The first-order valence-corrected chi connectivity index (χ1v) is 6.88. The molecule has 0 heterocycles. The summed E-state index contributed by atoms with van der Waals surface area (Å²) in [4.78, 5) is 22.1. The second-order valence-corrected chi connectivity index (χ2v) is 4.91. The van der Waals surface area contributed by atoms with Crippen LogP contribution in [0.3, 0.4) is 0 Å². The highest BCUT2D eigenvalue weighted by Crippen LogP contribution is 2.36. The molecule has 124 valence electrons. The minimum atomic E-state index is -0.736. The van der Waals surface area contributed by atoms with Crippen LogP contribution in [0.15, 0.2) is 41.5 Å². The van der Waals surface area contributed by atoms with Crippen molar-refractivity contribution < 1.29 is 19.6 Å². The monoisotopic (exact) mass is 329 g/mol. The van der Waals surface area contributed by atoms with Crippen LogP contribution < -0.4 is 10.2 Å². The predicted octanol–water partition coefficient (Wildman–Crippen LogP) is 2.38. The Labute approximate surface area is 137 Å². The topological polar surface area (TPSA) is 114 Å². The molecular formula is C16H15N3O5. The number of nitro groups is 1. The zero-order chi connectivity index (χ0) is 17.7. The Morgan fingerprint density at radius 2 is 2.00 bits per heavy atom. The Morgan fingerprint density at radius 1 is 1.33 bits per heavy atom. The van der Waals surface area contributed by atoms with E-state index in [0.717, 1.165) is 11.6 Å². The van der Waals surface area contributed by atoms with Gasteiger partial charge in [0.2, 0.25) is 5.75 Å². The molecule has 0 aliphatic heterocycles. The molecule has 2 rings (SSSR count). The van der Waals surface area contributed by atoms with E-state index in [1.54, 1.807) is 24.3 Å². The van der Waals surface area contributed by atoms with Gasteiger partial charge in [-0.2, -0.15) is 5.10 Å². The van der Waals surface area contributed by atoms with Gasteiger partial charge in [0.25, 0.3) is 5.91 Å². The maximum absolute atomic E-state index is 11.9. The molecule has 24 heavy (non-hydrogen) atoms. The zero-order valence-electron chi connectivity index (χ0n) is 13.0. The lowest BCUT2D eigenvalue weighted by Gasteiger charge is -2.05. The molecule has 0 saturated heterocycles. The number of aromatic hydroxyl groups is 1. The average molecular weight is 329 g/mol. The van der Waals surface area contributed by atoms with Crippen molar-refractivity contribution in [2.45, 2.75) is 6.92 Å². The summed E-state index contributed by atoms with van der Waals surface area (Å²) in [7, 11) is 1.28. The lowest BCUT2D eigenvalue weighted by molar-refractivity contribution is -0.386. The summed E-state index contributed by atoms with van der Waals surface area (Å²) in [6.45, 7) is 1.91. The van der Waals surface area contributed by atoms with Gasteiger partial charge in [-0.05, 0) is 25.1 Å². The number of phenolic OH excluding ortho intramolecular Hbond substituents is 1. The number of rotatable bonds is 5. The van der Waals surface area contributed by atoms with Crippen LogP contribution in [-0.4, -0.2) is 29.3 Å². The number of aryl methyl sites for hydroxylation is 1. The van der Waals surface area contributed by atoms with Gasteiger partial charge in [-0.25, -0.2) is 5.43 Å². The number of nitrogens with zero attached hydrogens (tertiary/aromatic N) is 2. The maximum atomic E-state index is 11.9. The first-order chi connectivity index (χ1) is 11.4. The molecule has 8 nitrogen and oxygen atoms in total. The van der Waals surface area contributed by atoms with Crippen LogP contribution in [-0.2, 0) is 0 Å². The number of nitro benzene ring substituents is 1. The third-order valence-corrected chi connectivity index (χ3v) is 3.19. The molecule has 0 aliphatic carbocycles. The summed E-state index contributed by atoms with van der Waals surface area (Å²) >= 11 is 0. The fourth-order valence-electron chi connectivity index (χ4n) is 1.92. The number of phenols is 1. The van der Waals surface area contributed by atoms with Gasteiger partial charge in [0.15, 0.2) is 5.75 Å². The fraction of sp³-hybridized carbons (Fsp3) is 0.125. The van der Waals surface area contributed by atoms with Gasteiger partial charge in [0.05, 0.1) is 18.2 Å². The van der Waals surface area contributed by atoms with E-state index >= 15 is 0 Å². The summed E-state index contributed by atoms with van der Waals surface area (Å²) in [6, 6.07) is 9.41. The Bertz CT molecular complexity index is 800. The van der Waals surface area contributed by atoms with Gasteiger partial charge >= 0.3 is 5.69 Å². The molecular weight excluding hydrogens is 314 g/mol. The summed E-state index contributed by atoms with van der Waals surface area (Å²) in [5, 5.41) is 24.4. The Kier molecular flexibility index (Phi) is 5.10. The SMILES string of the molecule is COc1cc(/C=N\NC(=O)c2ccc(C)cc2)cc([N+](=O)[O-])c1O. The molecule has 0 aromatic heterocycles. The van der Waals surface area contributed by atoms with Crippen LogP contribution in [0.5, 0.6) is 11.5 Å². The van der Waals surface area contributed by atoms with Gasteiger partial charge < -0.3 is 9.84 Å². The summed E-state index contributed by atoms with van der Waals surface area (Å²) in [5.74, 6) is -1.04. The molecule has 0 atom stereocenters. The Hall–Kier alpha value is -3.42. The highest BCUT2D eigenvalue weighted by Gasteiger charge is 2.19. The van der Waals surface area contributed by atoms with Crippen molar-refractivity contribution in [2.75, 3.05) is 7.11 Å². The standard InChI is InChI=1S/C16H15N3O5/c1-10-3-5-12(6-4-10)16(21)18-17-9-11-7-13(19(22)23)15(20)14(8-11)24-2/h3-9,20H,1-2H3,(H,18,21)/b17-9-. The van der Waals surface area contributed by atoms with Gasteiger partial charge in [0, 0.05) is 17.2 Å². The number of methoxy groups -OCH3 is 1. The second-order valence-electron chi connectivity index (χ2n) is 4.91. The number of amides is 1. The number of nitrogens with one attached hydrogen (secondary N) is 1. The van der Waals surface area contributed by atoms with Crippen LogP contribution in [0.4, 0.5) is 5.69 Å². The summed E-state index contributed by atoms with van der Waals surface area (Å²) < 4.78 is 4.88. The van der Waals surface area contributed by atoms with Gasteiger partial charge in [0.1, 0.15) is 0 Å². The number of hydrazone groups is 1. The molecule has 0 radical (unpaired) electrons. The predicted molar refractivity (Wildman–Crippen MR) is 87.6 cm³/mol. The molecule has 0 bridgehead atoms. The highest BCUT2D eigenvalue weighted by molar-refractivity contribution is 5.95. The third kappa shape index (κ3) is 3.86. The van der Waals surface area contributed by atoms with Crippen LogP contribution >= 0.6 is 0 Å². The number of hydrogen-bond donors (Lipinski definition) is 2. The smallest absolute Gasteiger partial charge is 0.315 e. The van der Waals surface area contributed by atoms with E-state index in [1.165, 1.54) is 19.4 Å².